The van der Waals surface area contributed by atoms with Gasteiger partial charge in [-0.3, -0.25) is 11.1 Å². The largest absolute Gasteiger partial charge is 0.416 e. The van der Waals surface area contributed by atoms with E-state index in [2.05, 4.69) is 5.32 Å². The zero-order valence-electron chi connectivity index (χ0n) is 8.29. The second-order valence-electron chi connectivity index (χ2n) is 3.60. The highest BCUT2D eigenvalue weighted by molar-refractivity contribution is 5.28. The first kappa shape index (κ1) is 11.4. The predicted octanol–water partition coefficient (Wildman–Crippen LogP) is 1.61. The van der Waals surface area contributed by atoms with Gasteiger partial charge in [0.15, 0.2) is 6.35 Å². The van der Waals surface area contributed by atoms with Crippen LogP contribution >= 0.6 is 0 Å². The van der Waals surface area contributed by atoms with E-state index in [9.17, 15) is 13.2 Å². The lowest BCUT2D eigenvalue weighted by atomic mass is 10.0. The molecule has 0 radical (unpaired) electrons. The molecule has 2 unspecified atom stereocenters. The third-order valence-corrected chi connectivity index (χ3v) is 2.42. The van der Waals surface area contributed by atoms with E-state index < -0.39 is 18.1 Å². The molecular weight excluding hydrogens is 221 g/mol. The van der Waals surface area contributed by atoms with Gasteiger partial charge in [-0.05, 0) is 17.7 Å². The Morgan fingerprint density at radius 1 is 1.38 bits per heavy atom. The van der Waals surface area contributed by atoms with Gasteiger partial charge in [-0.2, -0.15) is 13.2 Å². The van der Waals surface area contributed by atoms with Gasteiger partial charge >= 0.3 is 6.18 Å². The summed E-state index contributed by atoms with van der Waals surface area (Å²) in [5.74, 6) is 0. The maximum Gasteiger partial charge on any atom is 0.416 e. The maximum absolute atomic E-state index is 12.5. The minimum Gasteiger partial charge on any atom is -0.348 e. The number of hydrogen-bond acceptors (Lipinski definition) is 3. The molecule has 3 N–H and O–H groups in total. The first-order valence-electron chi connectivity index (χ1n) is 4.77. The molecule has 1 aromatic rings. The van der Waals surface area contributed by atoms with Crippen molar-refractivity contribution in [3.63, 3.8) is 0 Å². The number of benzene rings is 1. The third-order valence-electron chi connectivity index (χ3n) is 2.42. The number of nitrogens with two attached hydrogens (primary N) is 1. The van der Waals surface area contributed by atoms with E-state index in [4.69, 9.17) is 10.5 Å². The van der Waals surface area contributed by atoms with Crippen LogP contribution in [0.3, 0.4) is 0 Å². The van der Waals surface area contributed by atoms with Crippen molar-refractivity contribution in [3.8, 4) is 0 Å². The van der Waals surface area contributed by atoms with E-state index in [0.29, 0.717) is 5.56 Å². The van der Waals surface area contributed by atoms with E-state index in [1.807, 2.05) is 0 Å². The molecule has 2 rings (SSSR count). The quantitative estimate of drug-likeness (QED) is 0.773. The van der Waals surface area contributed by atoms with Gasteiger partial charge in [0, 0.05) is 0 Å². The first-order valence-corrected chi connectivity index (χ1v) is 4.77. The molecule has 1 aromatic carbocycles. The number of hydrogen-bond donors (Lipinski definition) is 2. The molecule has 0 aromatic heterocycles. The van der Waals surface area contributed by atoms with Gasteiger partial charge in [-0.15, -0.1) is 0 Å². The molecule has 0 saturated carbocycles. The zero-order valence-corrected chi connectivity index (χ0v) is 8.29. The number of halogens is 3. The van der Waals surface area contributed by atoms with Gasteiger partial charge in [0.05, 0.1) is 18.2 Å². The number of ether oxygens (including phenoxy) is 1. The molecule has 16 heavy (non-hydrogen) atoms. The fraction of sp³-hybridized carbons (Fsp3) is 0.400. The lowest BCUT2D eigenvalue weighted by Gasteiger charge is -2.12. The van der Waals surface area contributed by atoms with Crippen molar-refractivity contribution < 1.29 is 17.9 Å². The van der Waals surface area contributed by atoms with E-state index >= 15 is 0 Å². The van der Waals surface area contributed by atoms with E-state index in [1.54, 1.807) is 6.07 Å². The van der Waals surface area contributed by atoms with Crippen LogP contribution in [0, 0.1) is 0 Å². The second-order valence-corrected chi connectivity index (χ2v) is 3.60. The van der Waals surface area contributed by atoms with Crippen molar-refractivity contribution in [2.24, 2.45) is 5.73 Å². The number of nitrogens with one attached hydrogen (secondary N) is 1. The van der Waals surface area contributed by atoms with Crippen LogP contribution in [0.25, 0.3) is 0 Å². The molecule has 1 heterocycles. The van der Waals surface area contributed by atoms with Gasteiger partial charge in [-0.25, -0.2) is 0 Å². The smallest absolute Gasteiger partial charge is 0.348 e. The predicted molar refractivity (Wildman–Crippen MR) is 51.2 cm³/mol. The van der Waals surface area contributed by atoms with Crippen molar-refractivity contribution in [2.75, 3.05) is 6.61 Å². The van der Waals surface area contributed by atoms with Crippen LogP contribution in [-0.4, -0.2) is 13.0 Å². The van der Waals surface area contributed by atoms with Crippen molar-refractivity contribution in [3.05, 3.63) is 35.4 Å². The van der Waals surface area contributed by atoms with Gasteiger partial charge in [0.25, 0.3) is 0 Å². The highest BCUT2D eigenvalue weighted by Crippen LogP contribution is 2.31. The molecule has 0 aliphatic carbocycles. The molecule has 0 amide bonds. The summed E-state index contributed by atoms with van der Waals surface area (Å²) in [5.41, 5.74) is 5.30. The molecule has 0 spiro atoms. The minimum atomic E-state index is -4.32. The summed E-state index contributed by atoms with van der Waals surface area (Å²) in [5, 5.41) is 2.84. The average Bonchev–Trinajstić information content (AvgIpc) is 2.64. The molecule has 1 aliphatic heterocycles. The Hall–Kier alpha value is -1.11. The molecule has 1 fully saturated rings. The van der Waals surface area contributed by atoms with Crippen LogP contribution in [-0.2, 0) is 10.9 Å². The van der Waals surface area contributed by atoms with Crippen molar-refractivity contribution >= 4 is 0 Å². The van der Waals surface area contributed by atoms with E-state index in [0.717, 1.165) is 12.1 Å². The standard InChI is InChI=1S/C10H11F3N2O/c11-10(12,13)7-3-1-2-6(4-7)8-5-16-9(14)15-8/h1-4,8-9,15H,5,14H2. The van der Waals surface area contributed by atoms with Gasteiger partial charge in [0.1, 0.15) is 0 Å². The van der Waals surface area contributed by atoms with Crippen LogP contribution in [0.4, 0.5) is 13.2 Å². The summed E-state index contributed by atoms with van der Waals surface area (Å²) < 4.78 is 42.4. The SMILES string of the molecule is NC1NC(c2cccc(C(F)(F)F)c2)CO1. The van der Waals surface area contributed by atoms with Gasteiger partial charge in [0.2, 0.25) is 0 Å². The van der Waals surface area contributed by atoms with Crippen LogP contribution in [0.2, 0.25) is 0 Å². The third kappa shape index (κ3) is 2.34. The summed E-state index contributed by atoms with van der Waals surface area (Å²) >= 11 is 0. The van der Waals surface area contributed by atoms with Crippen LogP contribution in [0.15, 0.2) is 24.3 Å². The van der Waals surface area contributed by atoms with Gasteiger partial charge < -0.3 is 4.74 Å². The summed E-state index contributed by atoms with van der Waals surface area (Å²) in [7, 11) is 0. The first-order chi connectivity index (χ1) is 7.47. The fourth-order valence-electron chi connectivity index (χ4n) is 1.62. The Bertz CT molecular complexity index is 381. The number of alkyl halides is 3. The second kappa shape index (κ2) is 4.04. The Morgan fingerprint density at radius 2 is 2.12 bits per heavy atom. The van der Waals surface area contributed by atoms with Crippen molar-refractivity contribution in [1.82, 2.24) is 5.32 Å². The van der Waals surface area contributed by atoms with Gasteiger partial charge in [-0.1, -0.05) is 12.1 Å². The van der Waals surface area contributed by atoms with Crippen LogP contribution in [0.5, 0.6) is 0 Å². The molecule has 88 valence electrons. The minimum absolute atomic E-state index is 0.280. The Labute approximate surface area is 90.4 Å². The van der Waals surface area contributed by atoms with E-state index in [-0.39, 0.29) is 12.6 Å². The molecule has 6 heteroatoms. The molecule has 2 atom stereocenters. The highest BCUT2D eigenvalue weighted by atomic mass is 19.4. The normalized spacial score (nSPS) is 26.0. The molecule has 3 nitrogen and oxygen atoms in total. The average molecular weight is 232 g/mol. The monoisotopic (exact) mass is 232 g/mol. The Kier molecular flexibility index (Phi) is 2.88. The van der Waals surface area contributed by atoms with E-state index in [1.165, 1.54) is 6.07 Å². The van der Waals surface area contributed by atoms with Crippen LogP contribution in [0.1, 0.15) is 17.2 Å². The fourth-order valence-corrected chi connectivity index (χ4v) is 1.62. The number of rotatable bonds is 1. The summed E-state index contributed by atoms with van der Waals surface area (Å²) in [4.78, 5) is 0. The topological polar surface area (TPSA) is 47.3 Å². The lowest BCUT2D eigenvalue weighted by Crippen LogP contribution is -2.33. The van der Waals surface area contributed by atoms with Crippen LogP contribution < -0.4 is 11.1 Å². The Morgan fingerprint density at radius 3 is 2.69 bits per heavy atom. The molecule has 1 saturated heterocycles. The summed E-state index contributed by atoms with van der Waals surface area (Å²) in [6.45, 7) is 0.280. The summed E-state index contributed by atoms with van der Waals surface area (Å²) in [6, 6.07) is 4.87. The molecule has 0 bridgehead atoms. The zero-order chi connectivity index (χ0) is 11.8. The molecule has 1 aliphatic rings. The Balaban J connectivity index is 2.23. The molecular formula is C10H11F3N2O. The summed E-state index contributed by atoms with van der Waals surface area (Å²) in [6.07, 6.45) is -4.93. The lowest BCUT2D eigenvalue weighted by molar-refractivity contribution is -0.137. The highest BCUT2D eigenvalue weighted by Gasteiger charge is 2.31. The maximum atomic E-state index is 12.5. The van der Waals surface area contributed by atoms with Crippen molar-refractivity contribution in [2.45, 2.75) is 18.6 Å². The van der Waals surface area contributed by atoms with Crippen molar-refractivity contribution in [1.29, 1.82) is 0 Å².